The largest absolute Gasteiger partial charge is 0.442 e. The van der Waals surface area contributed by atoms with Crippen molar-refractivity contribution in [3.8, 4) is 0 Å². The molecule has 2 aromatic rings. The number of aromatic nitrogens is 2. The predicted octanol–water partition coefficient (Wildman–Crippen LogP) is 1.39. The van der Waals surface area contributed by atoms with Crippen LogP contribution in [0.5, 0.6) is 0 Å². The summed E-state index contributed by atoms with van der Waals surface area (Å²) >= 11 is 0. The number of fused-ring (bicyclic) bond motifs is 1. The summed E-state index contributed by atoms with van der Waals surface area (Å²) in [4.78, 5) is 26.4. The Morgan fingerprint density at radius 2 is 2.23 bits per heavy atom. The molecule has 160 valence electrons. The van der Waals surface area contributed by atoms with Gasteiger partial charge in [-0.25, -0.2) is 9.18 Å². The van der Waals surface area contributed by atoms with Gasteiger partial charge in [0.15, 0.2) is 0 Å². The zero-order valence-corrected chi connectivity index (χ0v) is 16.7. The number of halogens is 1. The molecule has 1 aromatic heterocycles. The van der Waals surface area contributed by atoms with Crippen LogP contribution in [0, 0.1) is 5.82 Å². The molecule has 1 atom stereocenters. The number of hydrogen-bond acceptors (Lipinski definition) is 6. The molecular weight excluding hydrogens is 393 g/mol. The number of carbonyl (C=O) groups is 2. The second-order valence-electron chi connectivity index (χ2n) is 7.49. The average molecular weight is 417 g/mol. The molecule has 0 aliphatic carbocycles. The summed E-state index contributed by atoms with van der Waals surface area (Å²) in [5.74, 6) is -0.629. The number of hydrogen-bond donors (Lipinski definition) is 2. The number of rotatable bonds is 7. The van der Waals surface area contributed by atoms with Crippen molar-refractivity contribution in [2.45, 2.75) is 39.1 Å². The summed E-state index contributed by atoms with van der Waals surface area (Å²) in [6.07, 6.45) is 1.55. The monoisotopic (exact) mass is 417 g/mol. The Balaban J connectivity index is 1.42. The Hall–Kier alpha value is -3.14. The van der Waals surface area contributed by atoms with E-state index >= 15 is 0 Å². The van der Waals surface area contributed by atoms with Crippen LogP contribution in [0.4, 0.5) is 20.6 Å². The number of anilines is 2. The van der Waals surface area contributed by atoms with Crippen molar-refractivity contribution in [2.75, 3.05) is 29.5 Å². The van der Waals surface area contributed by atoms with Crippen molar-refractivity contribution in [3.63, 3.8) is 0 Å². The number of nitrogens with zero attached hydrogens (tertiary/aromatic N) is 4. The maximum Gasteiger partial charge on any atom is 0.414 e. The molecule has 3 heterocycles. The number of aliphatic hydroxyl groups excluding tert-OH is 1. The number of nitrogens with one attached hydrogen (secondary N) is 1. The Morgan fingerprint density at radius 3 is 2.93 bits per heavy atom. The highest BCUT2D eigenvalue weighted by atomic mass is 19.1. The Labute approximate surface area is 173 Å². The minimum absolute atomic E-state index is 0.118. The van der Waals surface area contributed by atoms with Crippen LogP contribution in [0.25, 0.3) is 0 Å². The minimum atomic E-state index is -0.560. The first kappa shape index (κ1) is 20.1. The van der Waals surface area contributed by atoms with E-state index in [2.05, 4.69) is 10.4 Å². The number of benzene rings is 1. The van der Waals surface area contributed by atoms with E-state index in [0.29, 0.717) is 37.4 Å². The first-order valence-electron chi connectivity index (χ1n) is 9.87. The highest BCUT2D eigenvalue weighted by Crippen LogP contribution is 2.32. The molecule has 2 aliphatic heterocycles. The standard InChI is InChI=1S/C20H24FN5O4/c1-13(28)22-8-16-11-26(20(29)30-16)15-3-4-19(17(21)7-15)24-9-14-10-25(5-2-6-27)23-18(14)12-24/h3-4,7,10,16,27H,2,5-6,8-9,11-12H2,1H3,(H,22,28). The lowest BCUT2D eigenvalue weighted by Gasteiger charge is -2.21. The number of aliphatic hydroxyl groups is 1. The Bertz CT molecular complexity index is 939. The highest BCUT2D eigenvalue weighted by Gasteiger charge is 2.33. The zero-order chi connectivity index (χ0) is 21.3. The van der Waals surface area contributed by atoms with Crippen molar-refractivity contribution in [1.82, 2.24) is 15.1 Å². The minimum Gasteiger partial charge on any atom is -0.442 e. The first-order chi connectivity index (χ1) is 14.4. The maximum absolute atomic E-state index is 14.9. The molecule has 1 saturated heterocycles. The van der Waals surface area contributed by atoms with E-state index in [1.54, 1.807) is 12.1 Å². The van der Waals surface area contributed by atoms with Crippen molar-refractivity contribution in [1.29, 1.82) is 0 Å². The highest BCUT2D eigenvalue weighted by molar-refractivity contribution is 5.90. The van der Waals surface area contributed by atoms with Crippen LogP contribution in [0.3, 0.4) is 0 Å². The van der Waals surface area contributed by atoms with Gasteiger partial charge in [0, 0.05) is 38.4 Å². The molecule has 1 aromatic carbocycles. The van der Waals surface area contributed by atoms with Crippen molar-refractivity contribution in [2.24, 2.45) is 0 Å². The number of cyclic esters (lactones) is 1. The molecule has 9 nitrogen and oxygen atoms in total. The quantitative estimate of drug-likeness (QED) is 0.706. The first-order valence-corrected chi connectivity index (χ1v) is 9.87. The molecule has 2 N–H and O–H groups in total. The smallest absolute Gasteiger partial charge is 0.414 e. The molecule has 2 aliphatic rings. The molecule has 0 radical (unpaired) electrons. The average Bonchev–Trinajstić information content (AvgIpc) is 3.37. The van der Waals surface area contributed by atoms with Gasteiger partial charge in [0.25, 0.3) is 0 Å². The second kappa shape index (κ2) is 8.31. The van der Waals surface area contributed by atoms with Gasteiger partial charge in [-0.3, -0.25) is 14.4 Å². The van der Waals surface area contributed by atoms with Gasteiger partial charge < -0.3 is 20.1 Å². The molecule has 1 unspecified atom stereocenters. The fourth-order valence-corrected chi connectivity index (χ4v) is 3.74. The third kappa shape index (κ3) is 4.09. The van der Waals surface area contributed by atoms with Gasteiger partial charge in [-0.2, -0.15) is 5.10 Å². The van der Waals surface area contributed by atoms with Crippen LogP contribution >= 0.6 is 0 Å². The third-order valence-corrected chi connectivity index (χ3v) is 5.21. The van der Waals surface area contributed by atoms with E-state index in [9.17, 15) is 14.0 Å². The maximum atomic E-state index is 14.9. The lowest BCUT2D eigenvalue weighted by molar-refractivity contribution is -0.119. The summed E-state index contributed by atoms with van der Waals surface area (Å²) in [5, 5.41) is 16.1. The summed E-state index contributed by atoms with van der Waals surface area (Å²) < 4.78 is 21.9. The molecular formula is C20H24FN5O4. The molecule has 30 heavy (non-hydrogen) atoms. The van der Waals surface area contributed by atoms with Gasteiger partial charge in [-0.05, 0) is 24.6 Å². The lowest BCUT2D eigenvalue weighted by atomic mass is 10.2. The van der Waals surface area contributed by atoms with Crippen molar-refractivity contribution >= 4 is 23.4 Å². The van der Waals surface area contributed by atoms with E-state index in [4.69, 9.17) is 9.84 Å². The molecule has 1 fully saturated rings. The topological polar surface area (TPSA) is 99.9 Å². The van der Waals surface area contributed by atoms with Crippen LogP contribution in [0.15, 0.2) is 24.4 Å². The van der Waals surface area contributed by atoms with Crippen LogP contribution < -0.4 is 15.1 Å². The van der Waals surface area contributed by atoms with Crippen LogP contribution in [0.1, 0.15) is 24.6 Å². The molecule has 0 bridgehead atoms. The summed E-state index contributed by atoms with van der Waals surface area (Å²) in [5.41, 5.74) is 2.81. The molecule has 0 saturated carbocycles. The van der Waals surface area contributed by atoms with Gasteiger partial charge in [-0.15, -0.1) is 0 Å². The van der Waals surface area contributed by atoms with Crippen molar-refractivity contribution in [3.05, 3.63) is 41.5 Å². The number of ether oxygens (including phenoxy) is 1. The summed E-state index contributed by atoms with van der Waals surface area (Å²) in [6.45, 7) is 3.68. The van der Waals surface area contributed by atoms with Crippen LogP contribution in [0.2, 0.25) is 0 Å². The lowest BCUT2D eigenvalue weighted by Crippen LogP contribution is -2.33. The van der Waals surface area contributed by atoms with Crippen molar-refractivity contribution < 1.29 is 23.8 Å². The van der Waals surface area contributed by atoms with Crippen LogP contribution in [-0.2, 0) is 29.2 Å². The number of carbonyl (C=O) groups excluding carboxylic acids is 2. The molecule has 10 heteroatoms. The fraction of sp³-hybridized carbons (Fsp3) is 0.450. The van der Waals surface area contributed by atoms with E-state index in [1.165, 1.54) is 17.9 Å². The zero-order valence-electron chi connectivity index (χ0n) is 16.7. The second-order valence-corrected chi connectivity index (χ2v) is 7.49. The molecule has 4 rings (SSSR count). The molecule has 2 amide bonds. The van der Waals surface area contributed by atoms with Gasteiger partial charge >= 0.3 is 6.09 Å². The van der Waals surface area contributed by atoms with E-state index in [0.717, 1.165) is 11.3 Å². The third-order valence-electron chi connectivity index (χ3n) is 5.21. The Morgan fingerprint density at radius 1 is 1.40 bits per heavy atom. The van der Waals surface area contributed by atoms with E-state index < -0.39 is 18.0 Å². The fourth-order valence-electron chi connectivity index (χ4n) is 3.74. The SMILES string of the molecule is CC(=O)NCC1CN(c2ccc(N3Cc4cn(CCCO)nc4C3)c(F)c2)C(=O)O1. The van der Waals surface area contributed by atoms with Gasteiger partial charge in [0.1, 0.15) is 11.9 Å². The van der Waals surface area contributed by atoms with E-state index in [-0.39, 0.29) is 25.6 Å². The van der Waals surface area contributed by atoms with Crippen LogP contribution in [-0.4, -0.2) is 52.7 Å². The molecule has 0 spiro atoms. The summed E-state index contributed by atoms with van der Waals surface area (Å²) in [6, 6.07) is 4.68. The van der Waals surface area contributed by atoms with E-state index in [1.807, 2.05) is 15.8 Å². The summed E-state index contributed by atoms with van der Waals surface area (Å²) in [7, 11) is 0. The van der Waals surface area contributed by atoms with Gasteiger partial charge in [-0.1, -0.05) is 0 Å². The van der Waals surface area contributed by atoms with Gasteiger partial charge in [0.05, 0.1) is 36.7 Å². The normalized spacial score (nSPS) is 18.0. The predicted molar refractivity (Wildman–Crippen MR) is 107 cm³/mol. The Kier molecular flexibility index (Phi) is 5.58. The van der Waals surface area contributed by atoms with Gasteiger partial charge in [0.2, 0.25) is 5.91 Å². The number of aryl methyl sites for hydroxylation is 1. The number of amides is 2.